The van der Waals surface area contributed by atoms with Crippen molar-refractivity contribution >= 4 is 27.8 Å². The van der Waals surface area contributed by atoms with Crippen molar-refractivity contribution in [1.82, 2.24) is 4.90 Å². The summed E-state index contributed by atoms with van der Waals surface area (Å²) in [5.41, 5.74) is 5.60. The first-order valence-electron chi connectivity index (χ1n) is 8.19. The second kappa shape index (κ2) is 6.11. The van der Waals surface area contributed by atoms with Crippen LogP contribution in [0.4, 0.5) is 0 Å². The first-order valence-corrected chi connectivity index (χ1v) is 9.00. The molecule has 0 spiro atoms. The van der Waals surface area contributed by atoms with Crippen LogP contribution in [0.1, 0.15) is 15.9 Å². The van der Waals surface area contributed by atoms with Crippen LogP contribution >= 0.6 is 11.8 Å². The number of hydrogen-bond acceptors (Lipinski definition) is 6. The Bertz CT molecular complexity index is 1040. The largest absolute Gasteiger partial charge is 0.384 e. The highest BCUT2D eigenvalue weighted by Gasteiger charge is 2.66. The van der Waals surface area contributed by atoms with Crippen LogP contribution in [0.25, 0.3) is 0 Å². The fourth-order valence-corrected chi connectivity index (χ4v) is 4.80. The number of rotatable bonds is 3. The van der Waals surface area contributed by atoms with Gasteiger partial charge in [0.25, 0.3) is 0 Å². The van der Waals surface area contributed by atoms with Gasteiger partial charge in [-0.25, -0.2) is 0 Å². The van der Waals surface area contributed by atoms with Crippen molar-refractivity contribution < 1.29 is 9.59 Å². The topological polar surface area (TPSA) is 111 Å². The van der Waals surface area contributed by atoms with E-state index in [1.807, 2.05) is 6.07 Å². The first kappa shape index (κ1) is 17.1. The number of carbonyl (C=O) groups is 2. The van der Waals surface area contributed by atoms with Gasteiger partial charge in [0.15, 0.2) is 16.5 Å². The zero-order valence-corrected chi connectivity index (χ0v) is 14.9. The van der Waals surface area contributed by atoms with E-state index in [0.29, 0.717) is 11.1 Å². The van der Waals surface area contributed by atoms with E-state index in [1.54, 1.807) is 60.7 Å². The number of benzene rings is 2. The Morgan fingerprint density at radius 3 is 2.33 bits per heavy atom. The highest BCUT2D eigenvalue weighted by molar-refractivity contribution is 8.26. The molecule has 2 aromatic carbocycles. The number of nitrogens with one attached hydrogen (secondary N) is 1. The van der Waals surface area contributed by atoms with Crippen LogP contribution in [-0.2, 0) is 10.3 Å². The lowest BCUT2D eigenvalue weighted by Gasteiger charge is -2.35. The molecule has 0 radical (unpaired) electrons. The molecule has 7 heteroatoms. The number of hydrogen-bond donors (Lipinski definition) is 2. The minimum Gasteiger partial charge on any atom is -0.384 e. The Balaban J connectivity index is 2.02. The zero-order chi connectivity index (χ0) is 19.2. The molecule has 1 saturated heterocycles. The fourth-order valence-electron chi connectivity index (χ4n) is 3.80. The normalized spacial score (nSPS) is 24.1. The summed E-state index contributed by atoms with van der Waals surface area (Å²) in [6, 6.07) is 19.3. The maximum Gasteiger partial charge on any atom is 0.228 e. The number of thioether (sulfide) groups is 1. The summed E-state index contributed by atoms with van der Waals surface area (Å²) in [5, 5.41) is 17.5. The van der Waals surface area contributed by atoms with Crippen molar-refractivity contribution in [1.29, 1.82) is 10.7 Å². The third kappa shape index (κ3) is 2.17. The van der Waals surface area contributed by atoms with Gasteiger partial charge >= 0.3 is 0 Å². The van der Waals surface area contributed by atoms with Crippen LogP contribution in [0, 0.1) is 22.7 Å². The Morgan fingerprint density at radius 1 is 1.15 bits per heavy atom. The van der Waals surface area contributed by atoms with E-state index < -0.39 is 11.5 Å². The molecule has 3 N–H and O–H groups in total. The van der Waals surface area contributed by atoms with Gasteiger partial charge in [-0.05, 0) is 17.3 Å². The van der Waals surface area contributed by atoms with Gasteiger partial charge in [0.2, 0.25) is 5.12 Å². The summed E-state index contributed by atoms with van der Waals surface area (Å²) in [6.45, 7) is 0. The predicted molar refractivity (Wildman–Crippen MR) is 101 cm³/mol. The third-order valence-corrected chi connectivity index (χ3v) is 5.81. The molecule has 2 aliphatic rings. The van der Waals surface area contributed by atoms with Crippen molar-refractivity contribution in [3.05, 3.63) is 83.2 Å². The average molecular weight is 374 g/mol. The maximum atomic E-state index is 13.4. The Morgan fingerprint density at radius 2 is 1.74 bits per heavy atom. The molecule has 6 nitrogen and oxygen atoms in total. The van der Waals surface area contributed by atoms with Gasteiger partial charge in [-0.1, -0.05) is 60.7 Å². The predicted octanol–water partition coefficient (Wildman–Crippen LogP) is 2.60. The fraction of sp³-hybridized carbons (Fsp3) is 0.100. The van der Waals surface area contributed by atoms with Crippen molar-refractivity contribution in [3.63, 3.8) is 0 Å². The number of fused-ring (bicyclic) bond motifs is 1. The van der Waals surface area contributed by atoms with Crippen molar-refractivity contribution in [3.8, 4) is 6.07 Å². The smallest absolute Gasteiger partial charge is 0.228 e. The number of ketones is 1. The van der Waals surface area contributed by atoms with Crippen LogP contribution in [0.2, 0.25) is 0 Å². The second-order valence-electron chi connectivity index (χ2n) is 6.24. The molecule has 0 amide bonds. The lowest BCUT2D eigenvalue weighted by atomic mass is 9.73. The minimum atomic E-state index is -1.52. The quantitative estimate of drug-likeness (QED) is 0.799. The molecule has 0 aliphatic carbocycles. The molecule has 2 aromatic rings. The van der Waals surface area contributed by atoms with E-state index in [2.05, 4.69) is 0 Å². The number of nitrogens with two attached hydrogens (primary N) is 1. The first-order chi connectivity index (χ1) is 13.0. The highest BCUT2D eigenvalue weighted by atomic mass is 32.2. The van der Waals surface area contributed by atoms with Gasteiger partial charge in [0, 0.05) is 5.56 Å². The molecule has 2 atom stereocenters. The molecule has 4 rings (SSSR count). The third-order valence-electron chi connectivity index (χ3n) is 4.93. The van der Waals surface area contributed by atoms with Crippen LogP contribution in [0.15, 0.2) is 72.1 Å². The summed E-state index contributed by atoms with van der Waals surface area (Å²) in [7, 11) is 0. The SMILES string of the molecule is N#CC1=C(N)N2C(=N)SC(=O)C2(c2ccccc2)C1C(=O)c1ccccc1. The summed E-state index contributed by atoms with van der Waals surface area (Å²) in [4.78, 5) is 27.9. The van der Waals surface area contributed by atoms with Crippen molar-refractivity contribution in [2.24, 2.45) is 11.7 Å². The van der Waals surface area contributed by atoms with Gasteiger partial charge in [0.1, 0.15) is 5.82 Å². The zero-order valence-electron chi connectivity index (χ0n) is 14.0. The van der Waals surface area contributed by atoms with Gasteiger partial charge in [-0.3, -0.25) is 19.9 Å². The van der Waals surface area contributed by atoms with Crippen LogP contribution in [0.3, 0.4) is 0 Å². The van der Waals surface area contributed by atoms with E-state index in [-0.39, 0.29) is 27.5 Å². The van der Waals surface area contributed by atoms with E-state index in [1.165, 1.54) is 4.90 Å². The summed E-state index contributed by atoms with van der Waals surface area (Å²) < 4.78 is 0. The monoisotopic (exact) mass is 374 g/mol. The molecular formula is C20H14N4O2S. The summed E-state index contributed by atoms with van der Waals surface area (Å²) >= 11 is 0.733. The maximum absolute atomic E-state index is 13.4. The number of nitriles is 1. The molecule has 0 bridgehead atoms. The number of nitrogens with zero attached hydrogens (tertiary/aromatic N) is 2. The van der Waals surface area contributed by atoms with E-state index >= 15 is 0 Å². The molecular weight excluding hydrogens is 360 g/mol. The molecule has 132 valence electrons. The lowest BCUT2D eigenvalue weighted by Crippen LogP contribution is -2.50. The lowest BCUT2D eigenvalue weighted by molar-refractivity contribution is -0.119. The Kier molecular flexibility index (Phi) is 3.86. The molecule has 2 aliphatic heterocycles. The van der Waals surface area contributed by atoms with E-state index in [9.17, 15) is 14.9 Å². The molecule has 2 heterocycles. The summed E-state index contributed by atoms with van der Waals surface area (Å²) in [6.07, 6.45) is 0. The van der Waals surface area contributed by atoms with Gasteiger partial charge in [-0.2, -0.15) is 5.26 Å². The minimum absolute atomic E-state index is 0.0148. The van der Waals surface area contributed by atoms with Gasteiger partial charge in [0.05, 0.1) is 17.6 Å². The summed E-state index contributed by atoms with van der Waals surface area (Å²) in [5.74, 6) is -1.50. The molecule has 0 aromatic heterocycles. The highest BCUT2D eigenvalue weighted by Crippen LogP contribution is 2.56. The number of Topliss-reactive ketones (excluding diaryl/α,β-unsaturated/α-hetero) is 1. The molecule has 2 unspecified atom stereocenters. The molecule has 1 fully saturated rings. The van der Waals surface area contributed by atoms with Crippen LogP contribution in [-0.4, -0.2) is 21.0 Å². The van der Waals surface area contributed by atoms with Crippen LogP contribution in [0.5, 0.6) is 0 Å². The Labute approximate surface area is 159 Å². The van der Waals surface area contributed by atoms with E-state index in [4.69, 9.17) is 11.1 Å². The average Bonchev–Trinajstić information content (AvgIpc) is 3.12. The molecule has 0 saturated carbocycles. The second-order valence-corrected chi connectivity index (χ2v) is 7.20. The van der Waals surface area contributed by atoms with Gasteiger partial charge < -0.3 is 5.73 Å². The number of amidine groups is 1. The van der Waals surface area contributed by atoms with Gasteiger partial charge in [-0.15, -0.1) is 0 Å². The van der Waals surface area contributed by atoms with Crippen LogP contribution < -0.4 is 5.73 Å². The standard InChI is InChI=1S/C20H14N4O2S/c21-11-14-15(16(25)12-7-3-1-4-8-12)20(13-9-5-2-6-10-13)18(26)27-19(23)24(20)17(14)22/h1-10,15,23H,22H2. The van der Waals surface area contributed by atoms with E-state index in [0.717, 1.165) is 11.8 Å². The number of carbonyl (C=O) groups excluding carboxylic acids is 2. The van der Waals surface area contributed by atoms with Crippen molar-refractivity contribution in [2.75, 3.05) is 0 Å². The van der Waals surface area contributed by atoms with Crippen molar-refractivity contribution in [2.45, 2.75) is 5.54 Å². The molecule has 27 heavy (non-hydrogen) atoms. The Hall–Kier alpha value is -3.37.